The first kappa shape index (κ1) is 16.7. The fourth-order valence-corrected chi connectivity index (χ4v) is 3.75. The molecule has 0 amide bonds. The van der Waals surface area contributed by atoms with Gasteiger partial charge in [-0.15, -0.1) is 10.2 Å². The van der Waals surface area contributed by atoms with E-state index in [2.05, 4.69) is 29.4 Å². The van der Waals surface area contributed by atoms with Gasteiger partial charge < -0.3 is 5.32 Å². The fraction of sp³-hybridized carbons (Fsp3) is 0.429. The second-order valence-electron chi connectivity index (χ2n) is 5.26. The van der Waals surface area contributed by atoms with Crippen LogP contribution in [0.3, 0.4) is 0 Å². The van der Waals surface area contributed by atoms with Gasteiger partial charge >= 0.3 is 0 Å². The minimum atomic E-state index is -0.375. The highest BCUT2D eigenvalue weighted by atomic mass is 32.2. The Kier molecular flexibility index (Phi) is 5.73. The molecule has 8 heteroatoms. The molecule has 1 unspecified atom stereocenters. The minimum absolute atomic E-state index is 0.0748. The topological polar surface area (TPSA) is 81.0 Å². The monoisotopic (exact) mass is 338 g/mol. The summed E-state index contributed by atoms with van der Waals surface area (Å²) in [5, 5.41) is 23.2. The van der Waals surface area contributed by atoms with E-state index < -0.39 is 0 Å². The molecular formula is C14H18N4O2S2. The van der Waals surface area contributed by atoms with E-state index in [1.807, 2.05) is 13.0 Å². The molecule has 0 aliphatic carbocycles. The summed E-state index contributed by atoms with van der Waals surface area (Å²) in [4.78, 5) is 10.5. The Balaban J connectivity index is 2.01. The van der Waals surface area contributed by atoms with Gasteiger partial charge in [0.05, 0.1) is 4.92 Å². The standard InChI is InChI=1S/C14H18N4O2S2/c1-9(2)8-15-13-16-17-14(22-13)21-10(3)11-5-4-6-12(7-11)18(19)20/h4-7,9-10H,8H2,1-3H3,(H,15,16). The van der Waals surface area contributed by atoms with E-state index >= 15 is 0 Å². The normalized spacial score (nSPS) is 12.4. The predicted molar refractivity (Wildman–Crippen MR) is 90.6 cm³/mol. The Bertz CT molecular complexity index is 645. The Morgan fingerprint density at radius 2 is 2.14 bits per heavy atom. The molecule has 1 N–H and O–H groups in total. The molecule has 6 nitrogen and oxygen atoms in total. The largest absolute Gasteiger partial charge is 0.360 e. The second-order valence-corrected chi connectivity index (χ2v) is 7.83. The van der Waals surface area contributed by atoms with Gasteiger partial charge in [0.25, 0.3) is 5.69 Å². The molecule has 22 heavy (non-hydrogen) atoms. The highest BCUT2D eigenvalue weighted by molar-refractivity contribution is 8.01. The first-order valence-electron chi connectivity index (χ1n) is 6.94. The van der Waals surface area contributed by atoms with Crippen LogP contribution in [-0.4, -0.2) is 21.7 Å². The molecule has 0 aliphatic heterocycles. The number of aromatic nitrogens is 2. The van der Waals surface area contributed by atoms with Crippen molar-refractivity contribution in [1.82, 2.24) is 10.2 Å². The SMILES string of the molecule is CC(C)CNc1nnc(SC(C)c2cccc([N+](=O)[O-])c2)s1. The van der Waals surface area contributed by atoms with Gasteiger partial charge in [0, 0.05) is 23.9 Å². The number of rotatable bonds is 7. The highest BCUT2D eigenvalue weighted by Gasteiger charge is 2.14. The molecule has 0 spiro atoms. The summed E-state index contributed by atoms with van der Waals surface area (Å²) < 4.78 is 0.852. The molecule has 0 radical (unpaired) electrons. The smallest absolute Gasteiger partial charge is 0.269 e. The van der Waals surface area contributed by atoms with Crippen molar-refractivity contribution in [3.05, 3.63) is 39.9 Å². The van der Waals surface area contributed by atoms with Crippen molar-refractivity contribution in [3.63, 3.8) is 0 Å². The Morgan fingerprint density at radius 1 is 1.36 bits per heavy atom. The Labute approximate surface area is 137 Å². The second kappa shape index (κ2) is 7.55. The minimum Gasteiger partial charge on any atom is -0.360 e. The van der Waals surface area contributed by atoms with Crippen molar-refractivity contribution in [2.45, 2.75) is 30.4 Å². The van der Waals surface area contributed by atoms with Crippen LogP contribution in [0.4, 0.5) is 10.8 Å². The lowest BCUT2D eigenvalue weighted by molar-refractivity contribution is -0.384. The Morgan fingerprint density at radius 3 is 2.82 bits per heavy atom. The van der Waals surface area contributed by atoms with Gasteiger partial charge in [-0.3, -0.25) is 10.1 Å². The fourth-order valence-electron chi connectivity index (χ4n) is 1.73. The number of nitrogens with one attached hydrogen (secondary N) is 1. The number of non-ortho nitro benzene ring substituents is 1. The van der Waals surface area contributed by atoms with Crippen LogP contribution < -0.4 is 5.32 Å². The average Bonchev–Trinajstić information content (AvgIpc) is 2.92. The van der Waals surface area contributed by atoms with Crippen LogP contribution in [0.2, 0.25) is 0 Å². The summed E-state index contributed by atoms with van der Waals surface area (Å²) in [6.45, 7) is 7.13. The zero-order valence-electron chi connectivity index (χ0n) is 12.6. The summed E-state index contributed by atoms with van der Waals surface area (Å²) in [6, 6.07) is 6.71. The maximum atomic E-state index is 10.8. The lowest BCUT2D eigenvalue weighted by Crippen LogP contribution is -2.07. The summed E-state index contributed by atoms with van der Waals surface area (Å²) >= 11 is 3.06. The van der Waals surface area contributed by atoms with Crippen LogP contribution in [0, 0.1) is 16.0 Å². The zero-order chi connectivity index (χ0) is 16.1. The zero-order valence-corrected chi connectivity index (χ0v) is 14.3. The molecule has 0 saturated carbocycles. The molecule has 0 bridgehead atoms. The van der Waals surface area contributed by atoms with Gasteiger partial charge in [0.1, 0.15) is 0 Å². The number of hydrogen-bond donors (Lipinski definition) is 1. The van der Waals surface area contributed by atoms with Crippen molar-refractivity contribution in [1.29, 1.82) is 0 Å². The molecule has 0 aliphatic rings. The van der Waals surface area contributed by atoms with E-state index in [0.717, 1.165) is 21.6 Å². The summed E-state index contributed by atoms with van der Waals surface area (Å²) in [5.41, 5.74) is 1.02. The first-order chi connectivity index (χ1) is 10.5. The van der Waals surface area contributed by atoms with Gasteiger partial charge in [-0.05, 0) is 18.4 Å². The number of nitro benzene ring substituents is 1. The molecular weight excluding hydrogens is 320 g/mol. The molecule has 2 aromatic rings. The van der Waals surface area contributed by atoms with Crippen molar-refractivity contribution in [2.24, 2.45) is 5.92 Å². The third-order valence-corrected chi connectivity index (χ3v) is 5.02. The van der Waals surface area contributed by atoms with Crippen LogP contribution in [0.5, 0.6) is 0 Å². The van der Waals surface area contributed by atoms with E-state index in [0.29, 0.717) is 5.92 Å². The third-order valence-electron chi connectivity index (χ3n) is 2.90. The molecule has 1 aromatic carbocycles. The Hall–Kier alpha value is -1.67. The maximum absolute atomic E-state index is 10.8. The molecule has 1 atom stereocenters. The third kappa shape index (κ3) is 4.67. The van der Waals surface area contributed by atoms with Crippen molar-refractivity contribution >= 4 is 33.9 Å². The number of anilines is 1. The molecule has 0 fully saturated rings. The van der Waals surface area contributed by atoms with E-state index in [9.17, 15) is 10.1 Å². The number of nitro groups is 1. The number of thioether (sulfide) groups is 1. The number of benzene rings is 1. The number of nitrogens with zero attached hydrogens (tertiary/aromatic N) is 3. The van der Waals surface area contributed by atoms with E-state index in [1.165, 1.54) is 17.4 Å². The van der Waals surface area contributed by atoms with E-state index in [1.54, 1.807) is 23.9 Å². The number of hydrogen-bond acceptors (Lipinski definition) is 7. The van der Waals surface area contributed by atoms with Crippen LogP contribution in [0.25, 0.3) is 0 Å². The van der Waals surface area contributed by atoms with Crippen molar-refractivity contribution < 1.29 is 4.92 Å². The predicted octanol–water partition coefficient (Wildman–Crippen LogP) is 4.37. The molecule has 0 saturated heterocycles. The van der Waals surface area contributed by atoms with Gasteiger partial charge in [-0.1, -0.05) is 49.1 Å². The van der Waals surface area contributed by atoms with Crippen LogP contribution >= 0.6 is 23.1 Å². The highest BCUT2D eigenvalue weighted by Crippen LogP contribution is 2.38. The lowest BCUT2D eigenvalue weighted by Gasteiger charge is -2.08. The molecule has 1 aromatic heterocycles. The van der Waals surface area contributed by atoms with Crippen LogP contribution in [0.15, 0.2) is 28.6 Å². The molecule has 2 rings (SSSR count). The first-order valence-corrected chi connectivity index (χ1v) is 8.63. The molecule has 118 valence electrons. The summed E-state index contributed by atoms with van der Waals surface area (Å²) in [6.07, 6.45) is 0. The maximum Gasteiger partial charge on any atom is 0.269 e. The van der Waals surface area contributed by atoms with E-state index in [4.69, 9.17) is 0 Å². The van der Waals surface area contributed by atoms with Crippen molar-refractivity contribution in [2.75, 3.05) is 11.9 Å². The van der Waals surface area contributed by atoms with E-state index in [-0.39, 0.29) is 15.9 Å². The van der Waals surface area contributed by atoms with Gasteiger partial charge in [-0.25, -0.2) is 0 Å². The van der Waals surface area contributed by atoms with Crippen LogP contribution in [0.1, 0.15) is 31.6 Å². The quantitative estimate of drug-likeness (QED) is 0.459. The summed E-state index contributed by atoms with van der Waals surface area (Å²) in [5.74, 6) is 0.545. The van der Waals surface area contributed by atoms with Gasteiger partial charge in [-0.2, -0.15) is 0 Å². The summed E-state index contributed by atoms with van der Waals surface area (Å²) in [7, 11) is 0. The van der Waals surface area contributed by atoms with Gasteiger partial charge in [0.2, 0.25) is 5.13 Å². The van der Waals surface area contributed by atoms with Gasteiger partial charge in [0.15, 0.2) is 4.34 Å². The average molecular weight is 338 g/mol. The van der Waals surface area contributed by atoms with Crippen molar-refractivity contribution in [3.8, 4) is 0 Å². The molecule has 1 heterocycles. The lowest BCUT2D eigenvalue weighted by atomic mass is 10.1. The van der Waals surface area contributed by atoms with Crippen LogP contribution in [-0.2, 0) is 0 Å².